The van der Waals surface area contributed by atoms with Crippen LogP contribution in [0.2, 0.25) is 5.02 Å². The molecule has 2 aromatic carbocycles. The van der Waals surface area contributed by atoms with Gasteiger partial charge in [0.25, 0.3) is 0 Å². The number of hydrogen-bond donors (Lipinski definition) is 3. The van der Waals surface area contributed by atoms with E-state index in [1.54, 1.807) is 17.0 Å². The van der Waals surface area contributed by atoms with Crippen LogP contribution in [0.15, 0.2) is 48.5 Å². The Labute approximate surface area is 266 Å². The molecule has 0 spiro atoms. The first kappa shape index (κ1) is 32.9. The van der Waals surface area contributed by atoms with E-state index >= 15 is 0 Å². The zero-order valence-corrected chi connectivity index (χ0v) is 27.2. The number of carbonyl (C=O) groups is 2. The SMILES string of the molecule is CS(=O)(=O)C(N)C(C1CCCCC1)N1CCN(C(=O)C(Cc2ccc(Cl)cc2)NC(=O)CC2NCCc3ccccc32)CC1. The molecule has 4 unspecified atom stereocenters. The number of hydrogen-bond acceptors (Lipinski definition) is 7. The number of benzene rings is 2. The molecule has 2 heterocycles. The van der Waals surface area contributed by atoms with Crippen LogP contribution in [0.4, 0.5) is 0 Å². The summed E-state index contributed by atoms with van der Waals surface area (Å²) in [5, 5.41) is 6.18. The fourth-order valence-electron chi connectivity index (χ4n) is 7.23. The summed E-state index contributed by atoms with van der Waals surface area (Å²) in [6.07, 6.45) is 8.03. The Morgan fingerprint density at radius 2 is 1.70 bits per heavy atom. The molecule has 11 heteroatoms. The first-order chi connectivity index (χ1) is 21.1. The van der Waals surface area contributed by atoms with Crippen molar-refractivity contribution >= 4 is 33.3 Å². The molecular weight excluding hydrogens is 598 g/mol. The number of fused-ring (bicyclic) bond motifs is 1. The topological polar surface area (TPSA) is 125 Å². The van der Waals surface area contributed by atoms with Crippen molar-refractivity contribution in [2.24, 2.45) is 11.7 Å². The van der Waals surface area contributed by atoms with Crippen LogP contribution in [0.5, 0.6) is 0 Å². The number of halogens is 1. The molecule has 2 aromatic rings. The monoisotopic (exact) mass is 643 g/mol. The van der Waals surface area contributed by atoms with E-state index in [4.69, 9.17) is 17.3 Å². The predicted octanol–water partition coefficient (Wildman–Crippen LogP) is 3.07. The van der Waals surface area contributed by atoms with E-state index in [1.807, 2.05) is 24.3 Å². The number of nitrogens with two attached hydrogens (primary N) is 1. The normalized spacial score (nSPS) is 22.1. The van der Waals surface area contributed by atoms with Gasteiger partial charge in [0.15, 0.2) is 9.84 Å². The van der Waals surface area contributed by atoms with Crippen molar-refractivity contribution in [2.75, 3.05) is 39.0 Å². The molecule has 0 aromatic heterocycles. The van der Waals surface area contributed by atoms with E-state index in [9.17, 15) is 18.0 Å². The molecule has 0 bridgehead atoms. The number of piperazine rings is 1. The zero-order chi connectivity index (χ0) is 31.3. The van der Waals surface area contributed by atoms with E-state index in [0.29, 0.717) is 37.6 Å². The average Bonchev–Trinajstić information content (AvgIpc) is 3.02. The lowest BCUT2D eigenvalue weighted by molar-refractivity contribution is -0.138. The number of sulfone groups is 1. The van der Waals surface area contributed by atoms with Crippen LogP contribution in [0.25, 0.3) is 0 Å². The summed E-state index contributed by atoms with van der Waals surface area (Å²) in [6.45, 7) is 2.78. The number of rotatable bonds is 10. The van der Waals surface area contributed by atoms with Gasteiger partial charge in [-0.05, 0) is 60.5 Å². The second kappa shape index (κ2) is 14.7. The molecule has 0 radical (unpaired) electrons. The number of carbonyl (C=O) groups excluding carboxylic acids is 2. The smallest absolute Gasteiger partial charge is 0.245 e. The van der Waals surface area contributed by atoms with Gasteiger partial charge >= 0.3 is 0 Å². The summed E-state index contributed by atoms with van der Waals surface area (Å²) in [5.74, 6) is -0.0839. The van der Waals surface area contributed by atoms with Gasteiger partial charge in [-0.15, -0.1) is 0 Å². The van der Waals surface area contributed by atoms with Crippen molar-refractivity contribution < 1.29 is 18.0 Å². The Bertz CT molecular complexity index is 1390. The molecule has 3 aliphatic rings. The maximum Gasteiger partial charge on any atom is 0.245 e. The standard InChI is InChI=1S/C33H46ClN5O4S/c1-44(42,43)32(35)31(25-8-3-2-4-9-25)38-17-19-39(20-18-38)33(41)29(21-23-11-13-26(34)14-12-23)37-30(40)22-28-27-10-6-5-7-24(27)15-16-36-28/h5-7,10-14,25,28-29,31-32,36H,2-4,8-9,15-22,35H2,1H3,(H,37,40). The number of nitrogens with zero attached hydrogens (tertiary/aromatic N) is 2. The summed E-state index contributed by atoms with van der Waals surface area (Å²) in [4.78, 5) is 31.4. The Kier molecular flexibility index (Phi) is 11.0. The summed E-state index contributed by atoms with van der Waals surface area (Å²) >= 11 is 6.11. The highest BCUT2D eigenvalue weighted by molar-refractivity contribution is 7.91. The van der Waals surface area contributed by atoms with Gasteiger partial charge in [0, 0.05) is 62.4 Å². The Balaban J connectivity index is 1.27. The van der Waals surface area contributed by atoms with E-state index in [-0.39, 0.29) is 36.2 Å². The lowest BCUT2D eigenvalue weighted by Crippen LogP contribution is -2.62. The summed E-state index contributed by atoms with van der Waals surface area (Å²) in [7, 11) is -3.43. The van der Waals surface area contributed by atoms with Gasteiger partial charge in [0.05, 0.1) is 0 Å². The highest BCUT2D eigenvalue weighted by Crippen LogP contribution is 2.32. The Morgan fingerprint density at radius 1 is 1.02 bits per heavy atom. The molecule has 1 aliphatic carbocycles. The van der Waals surface area contributed by atoms with Crippen LogP contribution in [0.3, 0.4) is 0 Å². The fraction of sp³-hybridized carbons (Fsp3) is 0.576. The molecule has 4 atom stereocenters. The van der Waals surface area contributed by atoms with Crippen molar-refractivity contribution in [1.82, 2.24) is 20.4 Å². The van der Waals surface area contributed by atoms with Crippen molar-refractivity contribution in [3.8, 4) is 0 Å². The third-order valence-electron chi connectivity index (χ3n) is 9.60. The maximum atomic E-state index is 14.0. The van der Waals surface area contributed by atoms with Gasteiger partial charge in [-0.1, -0.05) is 67.3 Å². The lowest BCUT2D eigenvalue weighted by atomic mass is 9.83. The van der Waals surface area contributed by atoms with Gasteiger partial charge in [-0.3, -0.25) is 14.5 Å². The van der Waals surface area contributed by atoms with E-state index in [2.05, 4.69) is 27.7 Å². The van der Waals surface area contributed by atoms with Crippen molar-refractivity contribution in [1.29, 1.82) is 0 Å². The molecule has 5 rings (SSSR count). The van der Waals surface area contributed by atoms with Crippen molar-refractivity contribution in [3.63, 3.8) is 0 Å². The van der Waals surface area contributed by atoms with Gasteiger partial charge in [0.2, 0.25) is 11.8 Å². The summed E-state index contributed by atoms with van der Waals surface area (Å²) in [5.41, 5.74) is 9.67. The lowest BCUT2D eigenvalue weighted by Gasteiger charge is -2.45. The van der Waals surface area contributed by atoms with Crippen LogP contribution in [-0.2, 0) is 32.3 Å². The second-order valence-electron chi connectivity index (χ2n) is 12.7. The Morgan fingerprint density at radius 3 is 2.39 bits per heavy atom. The van der Waals surface area contributed by atoms with E-state index in [0.717, 1.165) is 49.8 Å². The summed E-state index contributed by atoms with van der Waals surface area (Å²) in [6, 6.07) is 14.4. The van der Waals surface area contributed by atoms with E-state index < -0.39 is 21.3 Å². The quantitative estimate of drug-likeness (QED) is 0.364. The van der Waals surface area contributed by atoms with Gasteiger partial charge in [-0.2, -0.15) is 0 Å². The fourth-order valence-corrected chi connectivity index (χ4v) is 8.26. The molecule has 240 valence electrons. The molecule has 1 saturated carbocycles. The second-order valence-corrected chi connectivity index (χ2v) is 15.3. The minimum Gasteiger partial charge on any atom is -0.344 e. The number of nitrogens with one attached hydrogen (secondary N) is 2. The molecule has 1 saturated heterocycles. The molecule has 2 fully saturated rings. The Hall–Kier alpha value is -2.50. The minimum absolute atomic E-state index is 0.106. The van der Waals surface area contributed by atoms with Gasteiger partial charge in [0.1, 0.15) is 11.4 Å². The van der Waals surface area contributed by atoms with Crippen molar-refractivity contribution in [3.05, 3.63) is 70.2 Å². The summed E-state index contributed by atoms with van der Waals surface area (Å²) < 4.78 is 25.1. The number of amides is 2. The van der Waals surface area contributed by atoms with Crippen LogP contribution >= 0.6 is 11.6 Å². The first-order valence-electron chi connectivity index (χ1n) is 15.9. The third kappa shape index (κ3) is 8.20. The molecular formula is C33H46ClN5O4S. The van der Waals surface area contributed by atoms with Crippen LogP contribution in [0.1, 0.15) is 61.3 Å². The highest BCUT2D eigenvalue weighted by atomic mass is 35.5. The minimum atomic E-state index is -3.43. The molecule has 4 N–H and O–H groups in total. The molecule has 44 heavy (non-hydrogen) atoms. The largest absolute Gasteiger partial charge is 0.344 e. The highest BCUT2D eigenvalue weighted by Gasteiger charge is 2.40. The van der Waals surface area contributed by atoms with Crippen LogP contribution in [0, 0.1) is 5.92 Å². The zero-order valence-electron chi connectivity index (χ0n) is 25.6. The van der Waals surface area contributed by atoms with Gasteiger partial charge < -0.3 is 21.3 Å². The molecule has 2 aliphatic heterocycles. The molecule has 9 nitrogen and oxygen atoms in total. The molecule has 2 amide bonds. The van der Waals surface area contributed by atoms with Crippen LogP contribution in [-0.4, -0.2) is 86.5 Å². The van der Waals surface area contributed by atoms with Gasteiger partial charge in [-0.25, -0.2) is 8.42 Å². The van der Waals surface area contributed by atoms with Crippen LogP contribution < -0.4 is 16.4 Å². The third-order valence-corrected chi connectivity index (χ3v) is 11.1. The predicted molar refractivity (Wildman–Crippen MR) is 174 cm³/mol. The maximum absolute atomic E-state index is 14.0. The average molecular weight is 644 g/mol. The van der Waals surface area contributed by atoms with Crippen molar-refractivity contribution in [2.45, 2.75) is 74.9 Å². The van der Waals surface area contributed by atoms with E-state index in [1.165, 1.54) is 18.2 Å². The first-order valence-corrected chi connectivity index (χ1v) is 18.3.